The van der Waals surface area contributed by atoms with Crippen LogP contribution in [0.5, 0.6) is 0 Å². The summed E-state index contributed by atoms with van der Waals surface area (Å²) in [6.45, 7) is 0.598. The van der Waals surface area contributed by atoms with Gasteiger partial charge in [-0.05, 0) is 24.5 Å². The van der Waals surface area contributed by atoms with Crippen molar-refractivity contribution in [3.8, 4) is 6.07 Å². The van der Waals surface area contributed by atoms with Gasteiger partial charge in [0, 0.05) is 7.11 Å². The minimum Gasteiger partial charge on any atom is -0.460 e. The highest BCUT2D eigenvalue weighted by Crippen LogP contribution is 2.48. The molecule has 1 aromatic rings. The molecule has 0 aromatic heterocycles. The minimum absolute atomic E-state index is 0.225. The summed E-state index contributed by atoms with van der Waals surface area (Å²) in [6, 6.07) is 9.47. The first-order valence-corrected chi connectivity index (χ1v) is 5.90. The van der Waals surface area contributed by atoms with Gasteiger partial charge in [-0.15, -0.1) is 0 Å². The normalized spacial score (nSPS) is 15.8. The van der Waals surface area contributed by atoms with Crippen LogP contribution in [0.25, 0.3) is 0 Å². The van der Waals surface area contributed by atoms with Crippen molar-refractivity contribution in [3.05, 3.63) is 35.4 Å². The Morgan fingerprint density at radius 1 is 1.39 bits per heavy atom. The Morgan fingerprint density at radius 3 is 2.72 bits per heavy atom. The van der Waals surface area contributed by atoms with Crippen molar-refractivity contribution in [3.63, 3.8) is 0 Å². The summed E-state index contributed by atoms with van der Waals surface area (Å²) in [5.41, 5.74) is 0.805. The van der Waals surface area contributed by atoms with Crippen LogP contribution < -0.4 is 0 Å². The molecule has 0 atom stereocenters. The van der Waals surface area contributed by atoms with Gasteiger partial charge in [0.2, 0.25) is 0 Å². The zero-order valence-corrected chi connectivity index (χ0v) is 10.3. The molecule has 0 amide bonds. The van der Waals surface area contributed by atoms with E-state index in [2.05, 4.69) is 6.07 Å². The van der Waals surface area contributed by atoms with Crippen molar-refractivity contribution in [1.29, 1.82) is 5.26 Å². The molecule has 2 rings (SSSR count). The van der Waals surface area contributed by atoms with E-state index in [9.17, 15) is 10.1 Å². The lowest BCUT2D eigenvalue weighted by Gasteiger charge is -2.12. The van der Waals surface area contributed by atoms with E-state index in [0.717, 1.165) is 18.4 Å². The zero-order chi connectivity index (χ0) is 13.0. The van der Waals surface area contributed by atoms with Gasteiger partial charge in [-0.2, -0.15) is 5.26 Å². The molecule has 1 aliphatic carbocycles. The second kappa shape index (κ2) is 5.19. The summed E-state index contributed by atoms with van der Waals surface area (Å²) < 4.78 is 9.93. The highest BCUT2D eigenvalue weighted by Gasteiger charge is 2.47. The van der Waals surface area contributed by atoms with Gasteiger partial charge >= 0.3 is 5.97 Å². The van der Waals surface area contributed by atoms with Crippen LogP contribution in [0.3, 0.4) is 0 Å². The topological polar surface area (TPSA) is 59.3 Å². The molecule has 4 heteroatoms. The molecule has 1 saturated carbocycles. The first kappa shape index (κ1) is 12.6. The minimum atomic E-state index is -0.475. The molecule has 0 bridgehead atoms. The maximum Gasteiger partial charge on any atom is 0.338 e. The maximum absolute atomic E-state index is 11.9. The van der Waals surface area contributed by atoms with Crippen molar-refractivity contribution in [2.45, 2.75) is 18.3 Å². The number of esters is 1. The highest BCUT2D eigenvalue weighted by molar-refractivity contribution is 5.92. The first-order valence-electron chi connectivity index (χ1n) is 5.90. The number of nitrogens with zero attached hydrogens (tertiary/aromatic N) is 1. The fourth-order valence-corrected chi connectivity index (χ4v) is 1.94. The number of carbonyl (C=O) groups is 1. The smallest absolute Gasteiger partial charge is 0.338 e. The molecular weight excluding hydrogens is 230 g/mol. The second-order valence-corrected chi connectivity index (χ2v) is 4.37. The van der Waals surface area contributed by atoms with Crippen LogP contribution >= 0.6 is 0 Å². The van der Waals surface area contributed by atoms with Crippen molar-refractivity contribution < 1.29 is 14.3 Å². The van der Waals surface area contributed by atoms with Gasteiger partial charge in [-0.3, -0.25) is 0 Å². The molecule has 4 nitrogen and oxygen atoms in total. The first-order chi connectivity index (χ1) is 8.73. The number of hydrogen-bond donors (Lipinski definition) is 0. The molecule has 0 saturated heterocycles. The monoisotopic (exact) mass is 245 g/mol. The molecule has 0 radical (unpaired) electrons. The molecule has 1 aromatic carbocycles. The molecule has 0 spiro atoms. The van der Waals surface area contributed by atoms with Crippen LogP contribution in [0, 0.1) is 11.3 Å². The summed E-state index contributed by atoms with van der Waals surface area (Å²) in [4.78, 5) is 11.9. The highest BCUT2D eigenvalue weighted by atomic mass is 16.6. The standard InChI is InChI=1S/C14H15NO3/c1-17-8-9-18-13(16)11-4-2-3-5-12(11)14(10-15)6-7-14/h2-5H,6-9H2,1H3. The van der Waals surface area contributed by atoms with Crippen molar-refractivity contribution in [2.24, 2.45) is 0 Å². The molecule has 0 aliphatic heterocycles. The molecule has 94 valence electrons. The Morgan fingerprint density at radius 2 is 2.11 bits per heavy atom. The van der Waals surface area contributed by atoms with Crippen LogP contribution in [0.1, 0.15) is 28.8 Å². The summed E-state index contributed by atoms with van der Waals surface area (Å²) in [5.74, 6) is -0.385. The van der Waals surface area contributed by atoms with Crippen molar-refractivity contribution in [2.75, 3.05) is 20.3 Å². The van der Waals surface area contributed by atoms with E-state index in [-0.39, 0.29) is 12.6 Å². The summed E-state index contributed by atoms with van der Waals surface area (Å²) in [7, 11) is 1.55. The van der Waals surface area contributed by atoms with Crippen molar-refractivity contribution >= 4 is 5.97 Å². The Kier molecular flexibility index (Phi) is 3.63. The predicted octanol–water partition coefficient (Wildman–Crippen LogP) is 2.04. The number of nitriles is 1. The van der Waals surface area contributed by atoms with Gasteiger partial charge in [-0.25, -0.2) is 4.79 Å². The fraction of sp³-hybridized carbons (Fsp3) is 0.429. The summed E-state index contributed by atoms with van der Waals surface area (Å²) in [5, 5.41) is 9.21. The molecule has 0 N–H and O–H groups in total. The average molecular weight is 245 g/mol. The van der Waals surface area contributed by atoms with E-state index in [1.807, 2.05) is 12.1 Å². The largest absolute Gasteiger partial charge is 0.460 e. The van der Waals surface area contributed by atoms with Gasteiger partial charge in [0.15, 0.2) is 0 Å². The Balaban J connectivity index is 2.18. The van der Waals surface area contributed by atoms with Crippen LogP contribution in [0.4, 0.5) is 0 Å². The lowest BCUT2D eigenvalue weighted by atomic mass is 9.93. The van der Waals surface area contributed by atoms with Crippen LogP contribution in [0.2, 0.25) is 0 Å². The number of methoxy groups -OCH3 is 1. The van der Waals surface area contributed by atoms with E-state index in [1.54, 1.807) is 19.2 Å². The Labute approximate surface area is 106 Å². The lowest BCUT2D eigenvalue weighted by Crippen LogP contribution is -2.15. The molecule has 18 heavy (non-hydrogen) atoms. The number of benzene rings is 1. The van der Waals surface area contributed by atoms with Crippen LogP contribution in [-0.2, 0) is 14.9 Å². The van der Waals surface area contributed by atoms with Gasteiger partial charge in [0.25, 0.3) is 0 Å². The van der Waals surface area contributed by atoms with E-state index in [0.29, 0.717) is 12.2 Å². The Bertz CT molecular complexity index is 486. The molecule has 0 unspecified atom stereocenters. The van der Waals surface area contributed by atoms with Gasteiger partial charge in [0.05, 0.1) is 23.7 Å². The summed E-state index contributed by atoms with van der Waals surface area (Å²) in [6.07, 6.45) is 1.62. The Hall–Kier alpha value is -1.86. The van der Waals surface area contributed by atoms with Crippen LogP contribution in [-0.4, -0.2) is 26.3 Å². The van der Waals surface area contributed by atoms with E-state index in [1.165, 1.54) is 0 Å². The molecular formula is C14H15NO3. The van der Waals surface area contributed by atoms with Gasteiger partial charge < -0.3 is 9.47 Å². The molecule has 0 heterocycles. The number of hydrogen-bond acceptors (Lipinski definition) is 4. The fourth-order valence-electron chi connectivity index (χ4n) is 1.94. The second-order valence-electron chi connectivity index (χ2n) is 4.37. The predicted molar refractivity (Wildman–Crippen MR) is 65.1 cm³/mol. The molecule has 1 aliphatic rings. The third-order valence-electron chi connectivity index (χ3n) is 3.15. The van der Waals surface area contributed by atoms with Gasteiger partial charge in [-0.1, -0.05) is 18.2 Å². The average Bonchev–Trinajstić information content (AvgIpc) is 3.20. The quantitative estimate of drug-likeness (QED) is 0.588. The van der Waals surface area contributed by atoms with Crippen molar-refractivity contribution in [1.82, 2.24) is 0 Å². The summed E-state index contributed by atoms with van der Waals surface area (Å²) >= 11 is 0. The third kappa shape index (κ3) is 2.36. The van der Waals surface area contributed by atoms with Gasteiger partial charge in [0.1, 0.15) is 6.61 Å². The zero-order valence-electron chi connectivity index (χ0n) is 10.3. The van der Waals surface area contributed by atoms with Crippen LogP contribution in [0.15, 0.2) is 24.3 Å². The van der Waals surface area contributed by atoms with E-state index in [4.69, 9.17) is 9.47 Å². The van der Waals surface area contributed by atoms with E-state index < -0.39 is 5.41 Å². The number of rotatable bonds is 5. The third-order valence-corrected chi connectivity index (χ3v) is 3.15. The van der Waals surface area contributed by atoms with E-state index >= 15 is 0 Å². The SMILES string of the molecule is COCCOC(=O)c1ccccc1C1(C#N)CC1. The number of ether oxygens (including phenoxy) is 2. The maximum atomic E-state index is 11.9. The lowest BCUT2D eigenvalue weighted by molar-refractivity contribution is 0.0386. The molecule has 1 fully saturated rings. The number of carbonyl (C=O) groups excluding carboxylic acids is 1.